The summed E-state index contributed by atoms with van der Waals surface area (Å²) in [5.74, 6) is 2.05. The van der Waals surface area contributed by atoms with Gasteiger partial charge in [-0.25, -0.2) is 0 Å². The fourth-order valence-corrected chi connectivity index (χ4v) is 2.91. The molecule has 1 saturated carbocycles. The van der Waals surface area contributed by atoms with Crippen LogP contribution in [0.15, 0.2) is 0 Å². The lowest BCUT2D eigenvalue weighted by Crippen LogP contribution is -2.52. The molecule has 0 aromatic rings. The van der Waals surface area contributed by atoms with Gasteiger partial charge < -0.3 is 10.5 Å². The van der Waals surface area contributed by atoms with Crippen LogP contribution in [0.3, 0.4) is 0 Å². The molecule has 0 aromatic heterocycles. The van der Waals surface area contributed by atoms with Gasteiger partial charge in [-0.05, 0) is 24.7 Å². The lowest BCUT2D eigenvalue weighted by Gasteiger charge is -2.36. The average molecular weight is 182 g/mol. The zero-order valence-corrected chi connectivity index (χ0v) is 7.98. The number of hydrogen-bond donors (Lipinski definition) is 1. The molecule has 0 amide bonds. The van der Waals surface area contributed by atoms with E-state index in [2.05, 4.69) is 4.90 Å². The van der Waals surface area contributed by atoms with E-state index in [0.717, 1.165) is 31.5 Å². The van der Waals surface area contributed by atoms with Crippen LogP contribution in [0.2, 0.25) is 0 Å². The van der Waals surface area contributed by atoms with Crippen molar-refractivity contribution in [2.24, 2.45) is 17.6 Å². The first-order chi connectivity index (χ1) is 6.34. The number of hydrogen-bond acceptors (Lipinski definition) is 3. The van der Waals surface area contributed by atoms with Crippen LogP contribution in [0.4, 0.5) is 0 Å². The van der Waals surface area contributed by atoms with Gasteiger partial charge in [0.15, 0.2) is 0 Å². The Kier molecular flexibility index (Phi) is 1.86. The fourth-order valence-electron chi connectivity index (χ4n) is 2.91. The highest BCUT2D eigenvalue weighted by atomic mass is 16.5. The fraction of sp³-hybridized carbons (Fsp3) is 1.00. The third-order valence-corrected chi connectivity index (χ3v) is 3.84. The van der Waals surface area contributed by atoms with Gasteiger partial charge in [-0.1, -0.05) is 0 Å². The molecule has 3 heteroatoms. The molecule has 0 aromatic carbocycles. The van der Waals surface area contributed by atoms with Crippen molar-refractivity contribution in [3.63, 3.8) is 0 Å². The number of nitrogens with zero attached hydrogens (tertiary/aromatic N) is 1. The van der Waals surface area contributed by atoms with Gasteiger partial charge in [-0.2, -0.15) is 0 Å². The molecule has 3 rings (SSSR count). The Bertz CT molecular complexity index is 199. The van der Waals surface area contributed by atoms with Crippen LogP contribution in [-0.2, 0) is 4.74 Å². The lowest BCUT2D eigenvalue weighted by molar-refractivity contribution is 0.0220. The van der Waals surface area contributed by atoms with Crippen molar-refractivity contribution in [2.75, 3.05) is 26.3 Å². The van der Waals surface area contributed by atoms with Gasteiger partial charge in [-0.15, -0.1) is 0 Å². The van der Waals surface area contributed by atoms with Crippen molar-refractivity contribution in [2.45, 2.75) is 24.9 Å². The Labute approximate surface area is 79.2 Å². The molecule has 4 atom stereocenters. The Morgan fingerprint density at radius 1 is 1.23 bits per heavy atom. The molecule has 13 heavy (non-hydrogen) atoms. The number of ether oxygens (including phenoxy) is 1. The third-order valence-electron chi connectivity index (χ3n) is 3.84. The van der Waals surface area contributed by atoms with E-state index < -0.39 is 0 Å². The molecular weight excluding hydrogens is 164 g/mol. The van der Waals surface area contributed by atoms with Crippen molar-refractivity contribution >= 4 is 0 Å². The summed E-state index contributed by atoms with van der Waals surface area (Å²) in [6.45, 7) is 4.28. The number of rotatable bonds is 1. The van der Waals surface area contributed by atoms with Gasteiger partial charge in [0.2, 0.25) is 0 Å². The maximum Gasteiger partial charge on any atom is 0.0632 e. The molecule has 74 valence electrons. The second kappa shape index (κ2) is 2.94. The summed E-state index contributed by atoms with van der Waals surface area (Å²) < 4.78 is 5.36. The average Bonchev–Trinajstić information content (AvgIpc) is 2.75. The van der Waals surface area contributed by atoms with E-state index in [4.69, 9.17) is 10.5 Å². The first-order valence-corrected chi connectivity index (χ1v) is 5.42. The zero-order chi connectivity index (χ0) is 8.84. The zero-order valence-electron chi connectivity index (χ0n) is 7.98. The Morgan fingerprint density at radius 3 is 2.69 bits per heavy atom. The highest BCUT2D eigenvalue weighted by molar-refractivity contribution is 5.00. The van der Waals surface area contributed by atoms with Crippen molar-refractivity contribution in [1.82, 2.24) is 4.90 Å². The predicted octanol–water partition coefficient (Wildman–Crippen LogP) is 0.0543. The van der Waals surface area contributed by atoms with Crippen molar-refractivity contribution < 1.29 is 4.74 Å². The van der Waals surface area contributed by atoms with Crippen molar-refractivity contribution in [3.05, 3.63) is 0 Å². The smallest absolute Gasteiger partial charge is 0.0632 e. The van der Waals surface area contributed by atoms with Crippen LogP contribution >= 0.6 is 0 Å². The number of piperidine rings is 1. The Balaban J connectivity index is 1.63. The molecule has 1 aliphatic carbocycles. The third kappa shape index (κ3) is 1.39. The highest BCUT2D eigenvalue weighted by Gasteiger charge is 2.47. The topological polar surface area (TPSA) is 38.5 Å². The number of nitrogens with two attached hydrogens (primary N) is 1. The van der Waals surface area contributed by atoms with E-state index in [-0.39, 0.29) is 6.04 Å². The minimum atomic E-state index is 0.256. The molecule has 2 unspecified atom stereocenters. The summed E-state index contributed by atoms with van der Waals surface area (Å²) in [4.78, 5) is 2.60. The van der Waals surface area contributed by atoms with Gasteiger partial charge in [0.05, 0.1) is 6.61 Å². The summed E-state index contributed by atoms with van der Waals surface area (Å²) in [5, 5.41) is 0. The summed E-state index contributed by atoms with van der Waals surface area (Å²) in [6, 6.07) is 0.868. The van der Waals surface area contributed by atoms with Gasteiger partial charge in [0, 0.05) is 31.8 Å². The Morgan fingerprint density at radius 2 is 2.00 bits per heavy atom. The SMILES string of the molecule is N[C@@H]1COCC[C@H]1N1CC2CC2C1. The summed E-state index contributed by atoms with van der Waals surface area (Å²) in [5.41, 5.74) is 6.05. The van der Waals surface area contributed by atoms with Gasteiger partial charge in [0.25, 0.3) is 0 Å². The van der Waals surface area contributed by atoms with Crippen LogP contribution in [0, 0.1) is 11.8 Å². The standard InChI is InChI=1S/C10H18N2O/c11-9-6-13-2-1-10(9)12-4-7-3-8(7)5-12/h7-10H,1-6,11H2/t7?,8?,9-,10-/m1/s1. The number of likely N-dealkylation sites (tertiary alicyclic amines) is 1. The predicted molar refractivity (Wildman–Crippen MR) is 50.4 cm³/mol. The van der Waals surface area contributed by atoms with Gasteiger partial charge in [0.1, 0.15) is 0 Å². The molecule has 3 aliphatic rings. The quantitative estimate of drug-likeness (QED) is 0.623. The molecule has 0 radical (unpaired) electrons. The van der Waals surface area contributed by atoms with Crippen molar-refractivity contribution in [3.8, 4) is 0 Å². The highest BCUT2D eigenvalue weighted by Crippen LogP contribution is 2.46. The van der Waals surface area contributed by atoms with E-state index in [1.807, 2.05) is 0 Å². The van der Waals surface area contributed by atoms with E-state index >= 15 is 0 Å². The minimum Gasteiger partial charge on any atom is -0.380 e. The Hall–Kier alpha value is -0.120. The van der Waals surface area contributed by atoms with E-state index in [1.54, 1.807) is 0 Å². The first kappa shape index (κ1) is 8.21. The van der Waals surface area contributed by atoms with E-state index in [0.29, 0.717) is 6.04 Å². The second-order valence-electron chi connectivity index (χ2n) is 4.80. The van der Waals surface area contributed by atoms with Crippen LogP contribution in [0.25, 0.3) is 0 Å². The largest absolute Gasteiger partial charge is 0.380 e. The van der Waals surface area contributed by atoms with Crippen LogP contribution in [0.1, 0.15) is 12.8 Å². The second-order valence-corrected chi connectivity index (χ2v) is 4.80. The molecule has 2 N–H and O–H groups in total. The molecule has 2 heterocycles. The van der Waals surface area contributed by atoms with Crippen LogP contribution in [-0.4, -0.2) is 43.3 Å². The van der Waals surface area contributed by atoms with Crippen LogP contribution in [0.5, 0.6) is 0 Å². The number of fused-ring (bicyclic) bond motifs is 1. The molecule has 2 aliphatic heterocycles. The van der Waals surface area contributed by atoms with Crippen LogP contribution < -0.4 is 5.73 Å². The van der Waals surface area contributed by atoms with E-state index in [9.17, 15) is 0 Å². The normalized spacial score (nSPS) is 50.5. The molecule has 3 nitrogen and oxygen atoms in total. The summed E-state index contributed by atoms with van der Waals surface area (Å²) in [6.07, 6.45) is 2.62. The molecule has 2 saturated heterocycles. The summed E-state index contributed by atoms with van der Waals surface area (Å²) in [7, 11) is 0. The van der Waals surface area contributed by atoms with Crippen molar-refractivity contribution in [1.29, 1.82) is 0 Å². The van der Waals surface area contributed by atoms with E-state index in [1.165, 1.54) is 19.5 Å². The molecule has 3 fully saturated rings. The van der Waals surface area contributed by atoms with Gasteiger partial charge >= 0.3 is 0 Å². The first-order valence-electron chi connectivity index (χ1n) is 5.42. The summed E-state index contributed by atoms with van der Waals surface area (Å²) >= 11 is 0. The molecular formula is C10H18N2O. The molecule has 0 bridgehead atoms. The minimum absolute atomic E-state index is 0.256. The van der Waals surface area contributed by atoms with Gasteiger partial charge in [-0.3, -0.25) is 4.90 Å². The monoisotopic (exact) mass is 182 g/mol. The lowest BCUT2D eigenvalue weighted by atomic mass is 10.0. The maximum atomic E-state index is 6.05. The molecule has 0 spiro atoms. The maximum absolute atomic E-state index is 6.05.